The van der Waals surface area contributed by atoms with Gasteiger partial charge in [0, 0.05) is 43.1 Å². The Kier molecular flexibility index (Phi) is 6.47. The highest BCUT2D eigenvalue weighted by molar-refractivity contribution is 5.85. The molecule has 1 heterocycles. The van der Waals surface area contributed by atoms with Crippen LogP contribution in [0.3, 0.4) is 0 Å². The minimum absolute atomic E-state index is 0.0228. The number of benzene rings is 1. The van der Waals surface area contributed by atoms with Crippen LogP contribution in [-0.4, -0.2) is 50.6 Å². The van der Waals surface area contributed by atoms with E-state index in [1.54, 1.807) is 14.2 Å². The van der Waals surface area contributed by atoms with E-state index in [-0.39, 0.29) is 29.6 Å². The van der Waals surface area contributed by atoms with E-state index in [9.17, 15) is 9.59 Å². The van der Waals surface area contributed by atoms with E-state index in [0.717, 1.165) is 24.8 Å². The molecule has 2 aliphatic rings. The van der Waals surface area contributed by atoms with Crippen LogP contribution in [0.25, 0.3) is 0 Å². The largest absolute Gasteiger partial charge is 0.497 e. The molecule has 1 aliphatic carbocycles. The fourth-order valence-electron chi connectivity index (χ4n) is 3.89. The van der Waals surface area contributed by atoms with Gasteiger partial charge in [-0.3, -0.25) is 9.59 Å². The number of methoxy groups -OCH3 is 2. The number of likely N-dealkylation sites (tertiary alicyclic amines) is 1. The van der Waals surface area contributed by atoms with Crippen molar-refractivity contribution >= 4 is 11.8 Å². The Balaban J connectivity index is 1.82. The van der Waals surface area contributed by atoms with Crippen molar-refractivity contribution < 1.29 is 19.1 Å². The Morgan fingerprint density at radius 2 is 1.93 bits per heavy atom. The van der Waals surface area contributed by atoms with Gasteiger partial charge in [-0.1, -0.05) is 19.9 Å². The van der Waals surface area contributed by atoms with Gasteiger partial charge in [0.1, 0.15) is 11.5 Å². The highest BCUT2D eigenvalue weighted by Crippen LogP contribution is 2.41. The maximum atomic E-state index is 13.0. The highest BCUT2D eigenvalue weighted by atomic mass is 16.5. The average molecular weight is 389 g/mol. The molecule has 0 bridgehead atoms. The van der Waals surface area contributed by atoms with Crippen molar-refractivity contribution in [3.8, 4) is 11.5 Å². The Morgan fingerprint density at radius 1 is 1.18 bits per heavy atom. The minimum Gasteiger partial charge on any atom is -0.497 e. The van der Waals surface area contributed by atoms with Gasteiger partial charge in [0.05, 0.1) is 20.1 Å². The summed E-state index contributed by atoms with van der Waals surface area (Å²) in [4.78, 5) is 27.5. The van der Waals surface area contributed by atoms with E-state index >= 15 is 0 Å². The second-order valence-corrected chi connectivity index (χ2v) is 8.31. The number of hydrogen-bond donors (Lipinski definition) is 1. The molecule has 1 aromatic rings. The number of hydrogen-bond acceptors (Lipinski definition) is 4. The van der Waals surface area contributed by atoms with Crippen LogP contribution in [0.2, 0.25) is 0 Å². The molecule has 1 saturated heterocycles. The number of amides is 2. The zero-order valence-electron chi connectivity index (χ0n) is 17.4. The maximum absolute atomic E-state index is 13.0. The molecule has 1 aliphatic heterocycles. The fraction of sp³-hybridized carbons (Fsp3) is 0.636. The Hall–Kier alpha value is -2.24. The van der Waals surface area contributed by atoms with Gasteiger partial charge >= 0.3 is 0 Å². The predicted molar refractivity (Wildman–Crippen MR) is 108 cm³/mol. The summed E-state index contributed by atoms with van der Waals surface area (Å²) in [6.45, 7) is 5.98. The number of carbonyl (C=O) groups is 2. The van der Waals surface area contributed by atoms with Crippen molar-refractivity contribution in [3.05, 3.63) is 23.8 Å². The molecule has 6 heteroatoms. The van der Waals surface area contributed by atoms with E-state index in [2.05, 4.69) is 19.2 Å². The van der Waals surface area contributed by atoms with Crippen molar-refractivity contribution in [3.63, 3.8) is 0 Å². The van der Waals surface area contributed by atoms with Gasteiger partial charge in [0.25, 0.3) is 0 Å². The third-order valence-electron chi connectivity index (χ3n) is 5.76. The van der Waals surface area contributed by atoms with Crippen molar-refractivity contribution in [2.24, 2.45) is 17.8 Å². The first-order valence-corrected chi connectivity index (χ1v) is 10.2. The first-order chi connectivity index (χ1) is 13.4. The number of ether oxygens (including phenoxy) is 2. The van der Waals surface area contributed by atoms with Crippen molar-refractivity contribution in [2.75, 3.05) is 33.9 Å². The summed E-state index contributed by atoms with van der Waals surface area (Å²) in [6.07, 6.45) is 2.88. The highest BCUT2D eigenvalue weighted by Gasteiger charge is 2.44. The predicted octanol–water partition coefficient (Wildman–Crippen LogP) is 2.82. The number of rotatable bonds is 8. The smallest absolute Gasteiger partial charge is 0.225 e. The first kappa shape index (κ1) is 20.5. The summed E-state index contributed by atoms with van der Waals surface area (Å²) in [6, 6.07) is 5.69. The minimum atomic E-state index is -0.267. The van der Waals surface area contributed by atoms with Crippen LogP contribution in [0.15, 0.2) is 18.2 Å². The van der Waals surface area contributed by atoms with Gasteiger partial charge in [-0.25, -0.2) is 0 Å². The summed E-state index contributed by atoms with van der Waals surface area (Å²) in [5, 5.41) is 3.08. The third kappa shape index (κ3) is 4.59. The third-order valence-corrected chi connectivity index (χ3v) is 5.76. The zero-order chi connectivity index (χ0) is 20.3. The molecule has 0 aromatic heterocycles. The van der Waals surface area contributed by atoms with E-state index in [1.807, 2.05) is 23.1 Å². The summed E-state index contributed by atoms with van der Waals surface area (Å²) in [7, 11) is 3.24. The summed E-state index contributed by atoms with van der Waals surface area (Å²) >= 11 is 0. The molecule has 0 radical (unpaired) electrons. The van der Waals surface area contributed by atoms with Crippen LogP contribution < -0.4 is 14.8 Å². The van der Waals surface area contributed by atoms with Crippen molar-refractivity contribution in [1.82, 2.24) is 10.2 Å². The van der Waals surface area contributed by atoms with Gasteiger partial charge in [0.2, 0.25) is 11.8 Å². The molecule has 1 aromatic carbocycles. The van der Waals surface area contributed by atoms with Crippen LogP contribution >= 0.6 is 0 Å². The monoisotopic (exact) mass is 388 g/mol. The second kappa shape index (κ2) is 8.84. The van der Waals surface area contributed by atoms with E-state index in [0.29, 0.717) is 37.1 Å². The van der Waals surface area contributed by atoms with Gasteiger partial charge in [-0.05, 0) is 31.2 Å². The lowest BCUT2D eigenvalue weighted by atomic mass is 9.87. The lowest BCUT2D eigenvalue weighted by molar-refractivity contribution is -0.132. The molecule has 2 amide bonds. The average Bonchev–Trinajstić information content (AvgIpc) is 3.44. The summed E-state index contributed by atoms with van der Waals surface area (Å²) in [5.41, 5.74) is 0.957. The Morgan fingerprint density at radius 3 is 2.54 bits per heavy atom. The van der Waals surface area contributed by atoms with Crippen LogP contribution in [0.5, 0.6) is 11.5 Å². The van der Waals surface area contributed by atoms with E-state index < -0.39 is 0 Å². The zero-order valence-corrected chi connectivity index (χ0v) is 17.4. The van der Waals surface area contributed by atoms with Gasteiger partial charge in [0.15, 0.2) is 0 Å². The van der Waals surface area contributed by atoms with Crippen molar-refractivity contribution in [1.29, 1.82) is 0 Å². The molecule has 1 saturated carbocycles. The van der Waals surface area contributed by atoms with Crippen LogP contribution in [0.1, 0.15) is 44.6 Å². The normalized spacial score (nSPS) is 21.7. The molecule has 2 fully saturated rings. The first-order valence-electron chi connectivity index (χ1n) is 10.2. The van der Waals surface area contributed by atoms with Crippen molar-refractivity contribution in [2.45, 2.75) is 39.0 Å². The van der Waals surface area contributed by atoms with Gasteiger partial charge in [-0.2, -0.15) is 0 Å². The molecular formula is C22H32N2O4. The van der Waals surface area contributed by atoms with E-state index in [4.69, 9.17) is 9.47 Å². The molecule has 2 atom stereocenters. The number of carbonyl (C=O) groups excluding carboxylic acids is 2. The number of nitrogens with zero attached hydrogens (tertiary/aromatic N) is 1. The topological polar surface area (TPSA) is 67.9 Å². The number of nitrogens with one attached hydrogen (secondary N) is 1. The fourth-order valence-corrected chi connectivity index (χ4v) is 3.89. The van der Waals surface area contributed by atoms with Crippen LogP contribution in [-0.2, 0) is 9.59 Å². The molecule has 0 unspecified atom stereocenters. The lowest BCUT2D eigenvalue weighted by Crippen LogP contribution is -2.36. The quantitative estimate of drug-likeness (QED) is 0.744. The Labute approximate surface area is 167 Å². The van der Waals surface area contributed by atoms with Gasteiger partial charge < -0.3 is 19.7 Å². The molecule has 0 spiro atoms. The molecule has 154 valence electrons. The van der Waals surface area contributed by atoms with Gasteiger partial charge in [-0.15, -0.1) is 0 Å². The summed E-state index contributed by atoms with van der Waals surface area (Å²) in [5.74, 6) is 1.97. The standard InChI is InChI=1S/C22H32N2O4/c1-14(2)9-10-23-21(25)19-13-24(22(26)15-5-6-15)12-18(19)17-8-7-16(27-3)11-20(17)28-4/h7-8,11,14-15,18-19H,5-6,9-10,12-13H2,1-4H3,(H,23,25)/t18-,19-/m1/s1. The molecule has 28 heavy (non-hydrogen) atoms. The maximum Gasteiger partial charge on any atom is 0.225 e. The van der Waals surface area contributed by atoms with E-state index in [1.165, 1.54) is 0 Å². The summed E-state index contributed by atoms with van der Waals surface area (Å²) < 4.78 is 10.9. The molecular weight excluding hydrogens is 356 g/mol. The SMILES string of the molecule is COc1ccc([C@H]2CN(C(=O)C3CC3)C[C@H]2C(=O)NCCC(C)C)c(OC)c1. The molecule has 6 nitrogen and oxygen atoms in total. The van der Waals surface area contributed by atoms with Crippen LogP contribution in [0.4, 0.5) is 0 Å². The lowest BCUT2D eigenvalue weighted by Gasteiger charge is -2.21. The van der Waals surface area contributed by atoms with Crippen LogP contribution in [0, 0.1) is 17.8 Å². The second-order valence-electron chi connectivity index (χ2n) is 8.31. The molecule has 1 N–H and O–H groups in total. The Bertz CT molecular complexity index is 714. The molecule has 3 rings (SSSR count).